The van der Waals surface area contributed by atoms with Crippen LogP contribution in [0.3, 0.4) is 0 Å². The van der Waals surface area contributed by atoms with Crippen molar-refractivity contribution < 1.29 is 4.42 Å². The zero-order chi connectivity index (χ0) is 35.1. The number of hydrogen-bond donors (Lipinski definition) is 0. The van der Waals surface area contributed by atoms with Gasteiger partial charge in [0.25, 0.3) is 0 Å². The van der Waals surface area contributed by atoms with Gasteiger partial charge in [-0.2, -0.15) is 0 Å². The summed E-state index contributed by atoms with van der Waals surface area (Å²) in [6.07, 6.45) is 0.764. The van der Waals surface area contributed by atoms with E-state index in [-0.39, 0.29) is 0 Å². The molecule has 250 valence electrons. The minimum Gasteiger partial charge on any atom is -0.456 e. The van der Waals surface area contributed by atoms with Crippen LogP contribution in [-0.2, 0) is 6.42 Å². The highest BCUT2D eigenvalue weighted by atomic mass is 16.3. The van der Waals surface area contributed by atoms with Crippen LogP contribution >= 0.6 is 0 Å². The van der Waals surface area contributed by atoms with Crippen molar-refractivity contribution in [3.63, 3.8) is 0 Å². The van der Waals surface area contributed by atoms with Crippen molar-refractivity contribution in [2.75, 3.05) is 4.90 Å². The highest BCUT2D eigenvalue weighted by Crippen LogP contribution is 2.47. The van der Waals surface area contributed by atoms with E-state index in [2.05, 4.69) is 193 Å². The number of furan rings is 1. The van der Waals surface area contributed by atoms with Gasteiger partial charge in [-0.05, 0) is 93.5 Å². The van der Waals surface area contributed by atoms with E-state index >= 15 is 0 Å². The zero-order valence-electron chi connectivity index (χ0n) is 29.0. The molecule has 1 aromatic heterocycles. The summed E-state index contributed by atoms with van der Waals surface area (Å²) in [6, 6.07) is 68.6. The van der Waals surface area contributed by atoms with Gasteiger partial charge in [0, 0.05) is 39.8 Å². The smallest absolute Gasteiger partial charge is 0.136 e. The maximum absolute atomic E-state index is 6.47. The Morgan fingerprint density at radius 3 is 1.62 bits per heavy atom. The van der Waals surface area contributed by atoms with Crippen LogP contribution in [0, 0.1) is 0 Å². The van der Waals surface area contributed by atoms with Gasteiger partial charge in [0.1, 0.15) is 11.2 Å². The molecule has 0 fully saturated rings. The number of hydrogen-bond acceptors (Lipinski definition) is 3. The normalized spacial score (nSPS) is 12.2. The highest BCUT2D eigenvalue weighted by molar-refractivity contribution is 6.17. The number of anilines is 3. The number of benzene rings is 8. The number of nitrogens with zero attached hydrogens (tertiary/aromatic N) is 2. The Morgan fingerprint density at radius 2 is 0.943 bits per heavy atom. The first-order valence-electron chi connectivity index (χ1n) is 18.1. The molecule has 0 amide bonds. The predicted molar refractivity (Wildman–Crippen MR) is 221 cm³/mol. The van der Waals surface area contributed by atoms with Crippen LogP contribution < -0.4 is 4.90 Å². The topological polar surface area (TPSA) is 28.7 Å². The van der Waals surface area contributed by atoms with Crippen molar-refractivity contribution in [3.05, 3.63) is 205 Å². The average molecular weight is 679 g/mol. The summed E-state index contributed by atoms with van der Waals surface area (Å²) >= 11 is 0. The van der Waals surface area contributed by atoms with E-state index in [1.165, 1.54) is 27.8 Å². The van der Waals surface area contributed by atoms with Crippen molar-refractivity contribution >= 4 is 50.4 Å². The Bertz CT molecular complexity index is 2770. The summed E-state index contributed by atoms with van der Waals surface area (Å²) in [4.78, 5) is 7.62. The molecule has 9 aromatic rings. The number of aliphatic imine (C=N–C) groups is 1. The van der Waals surface area contributed by atoms with E-state index < -0.39 is 0 Å². The maximum atomic E-state index is 6.47. The molecule has 0 atom stereocenters. The third-order valence-electron chi connectivity index (χ3n) is 10.3. The molecular weight excluding hydrogens is 645 g/mol. The maximum Gasteiger partial charge on any atom is 0.136 e. The Morgan fingerprint density at radius 1 is 0.415 bits per heavy atom. The lowest BCUT2D eigenvalue weighted by molar-refractivity contribution is 0.669. The fourth-order valence-corrected chi connectivity index (χ4v) is 7.74. The summed E-state index contributed by atoms with van der Waals surface area (Å²) in [5, 5.41) is 2.30. The molecule has 0 saturated heterocycles. The molecule has 0 spiro atoms. The summed E-state index contributed by atoms with van der Waals surface area (Å²) in [5.41, 5.74) is 16.6. The van der Waals surface area contributed by atoms with Crippen molar-refractivity contribution in [3.8, 4) is 33.4 Å². The molecule has 3 heteroatoms. The van der Waals surface area contributed by atoms with Crippen LogP contribution in [0.25, 0.3) is 55.3 Å². The molecule has 10 rings (SSSR count). The van der Waals surface area contributed by atoms with Gasteiger partial charge in [0.05, 0.1) is 11.4 Å². The Balaban J connectivity index is 1.04. The van der Waals surface area contributed by atoms with Gasteiger partial charge in [-0.3, -0.25) is 4.99 Å². The van der Waals surface area contributed by atoms with E-state index in [1.54, 1.807) is 0 Å². The van der Waals surface area contributed by atoms with Crippen molar-refractivity contribution in [2.45, 2.75) is 6.42 Å². The Hall–Kier alpha value is -6.97. The fourth-order valence-electron chi connectivity index (χ4n) is 7.74. The molecule has 0 bridgehead atoms. The van der Waals surface area contributed by atoms with Gasteiger partial charge in [-0.15, -0.1) is 0 Å². The second kappa shape index (κ2) is 13.0. The molecule has 53 heavy (non-hydrogen) atoms. The zero-order valence-corrected chi connectivity index (χ0v) is 29.0. The van der Waals surface area contributed by atoms with Crippen LogP contribution in [0.4, 0.5) is 22.7 Å². The number of fused-ring (bicyclic) bond motifs is 5. The quantitative estimate of drug-likeness (QED) is 0.168. The summed E-state index contributed by atoms with van der Waals surface area (Å²) in [5.74, 6) is 0. The van der Waals surface area contributed by atoms with E-state index in [9.17, 15) is 0 Å². The first kappa shape index (κ1) is 30.8. The van der Waals surface area contributed by atoms with Gasteiger partial charge in [0.2, 0.25) is 0 Å². The first-order chi connectivity index (χ1) is 26.3. The number of rotatable bonds is 7. The molecule has 1 aliphatic rings. The fraction of sp³-hybridized carbons (Fsp3) is 0.0200. The lowest BCUT2D eigenvalue weighted by Gasteiger charge is -2.26. The van der Waals surface area contributed by atoms with Gasteiger partial charge < -0.3 is 9.32 Å². The summed E-state index contributed by atoms with van der Waals surface area (Å²) in [6.45, 7) is 0. The van der Waals surface area contributed by atoms with Crippen molar-refractivity contribution in [1.29, 1.82) is 0 Å². The summed E-state index contributed by atoms with van der Waals surface area (Å²) in [7, 11) is 0. The van der Waals surface area contributed by atoms with Gasteiger partial charge in [-0.1, -0.05) is 140 Å². The largest absolute Gasteiger partial charge is 0.456 e. The lowest BCUT2D eigenvalue weighted by atomic mass is 9.94. The van der Waals surface area contributed by atoms with E-state index in [0.29, 0.717) is 0 Å². The van der Waals surface area contributed by atoms with Crippen molar-refractivity contribution in [2.24, 2.45) is 4.99 Å². The molecule has 0 N–H and O–H groups in total. The molecule has 0 unspecified atom stereocenters. The van der Waals surface area contributed by atoms with Crippen LogP contribution in [-0.4, -0.2) is 5.71 Å². The molecule has 0 radical (unpaired) electrons. The highest BCUT2D eigenvalue weighted by Gasteiger charge is 2.26. The van der Waals surface area contributed by atoms with Gasteiger partial charge in [-0.25, -0.2) is 0 Å². The Labute approximate surface area is 308 Å². The standard InChI is InChI=1S/C50H34N2O/c1-4-13-34(14-5-1)38-17-12-18-39(31-38)35-23-27-41(28-24-35)52(40-19-8-3-9-20-40)42-29-25-36(26-30-42)44-33-48-49(43-21-10-11-22-47(43)53-48)45-32-46(51-50(44)45)37-15-6-2-7-16-37/h1-31,33H,32H2. The second-order valence-electron chi connectivity index (χ2n) is 13.5. The predicted octanol–water partition coefficient (Wildman–Crippen LogP) is 13.7. The number of para-hydroxylation sites is 2. The van der Waals surface area contributed by atoms with E-state index in [4.69, 9.17) is 9.41 Å². The average Bonchev–Trinajstić information content (AvgIpc) is 3.85. The lowest BCUT2D eigenvalue weighted by Crippen LogP contribution is -2.09. The minimum absolute atomic E-state index is 0.764. The minimum atomic E-state index is 0.764. The second-order valence-corrected chi connectivity index (χ2v) is 13.5. The van der Waals surface area contributed by atoms with Crippen LogP contribution in [0.2, 0.25) is 0 Å². The third kappa shape index (κ3) is 5.60. The molecule has 0 aliphatic carbocycles. The molecule has 2 heterocycles. The first-order valence-corrected chi connectivity index (χ1v) is 18.1. The van der Waals surface area contributed by atoms with Crippen LogP contribution in [0.1, 0.15) is 11.1 Å². The molecule has 1 aliphatic heterocycles. The van der Waals surface area contributed by atoms with Gasteiger partial charge >= 0.3 is 0 Å². The van der Waals surface area contributed by atoms with Gasteiger partial charge in [0.15, 0.2) is 0 Å². The van der Waals surface area contributed by atoms with Crippen LogP contribution in [0.5, 0.6) is 0 Å². The van der Waals surface area contributed by atoms with E-state index in [0.717, 1.165) is 73.5 Å². The third-order valence-corrected chi connectivity index (χ3v) is 10.3. The van der Waals surface area contributed by atoms with Crippen LogP contribution in [0.15, 0.2) is 204 Å². The molecule has 8 aromatic carbocycles. The summed E-state index contributed by atoms with van der Waals surface area (Å²) < 4.78 is 6.47. The van der Waals surface area contributed by atoms with E-state index in [1.807, 2.05) is 6.07 Å². The molecule has 3 nitrogen and oxygen atoms in total. The Kier molecular flexibility index (Phi) is 7.54. The SMILES string of the molecule is c1ccc(C2=Nc3c(-c4ccc(N(c5ccccc5)c5ccc(-c6cccc(-c7ccccc7)c6)cc5)cc4)cc4oc5ccccc5c4c3C2)cc1. The monoisotopic (exact) mass is 678 g/mol. The molecule has 0 saturated carbocycles. The van der Waals surface area contributed by atoms with Crippen molar-refractivity contribution in [1.82, 2.24) is 0 Å². The molecular formula is C50H34N2O.